The fourth-order valence-electron chi connectivity index (χ4n) is 1.60. The van der Waals surface area contributed by atoms with Crippen LogP contribution in [0.15, 0.2) is 18.2 Å². The van der Waals surface area contributed by atoms with Gasteiger partial charge in [-0.25, -0.2) is 0 Å². The highest BCUT2D eigenvalue weighted by Gasteiger charge is 2.14. The van der Waals surface area contributed by atoms with E-state index in [1.165, 1.54) is 6.07 Å². The second-order valence-electron chi connectivity index (χ2n) is 3.92. The van der Waals surface area contributed by atoms with Crippen LogP contribution in [-0.4, -0.2) is 16.9 Å². The van der Waals surface area contributed by atoms with Gasteiger partial charge in [0.15, 0.2) is 0 Å². The highest BCUT2D eigenvalue weighted by Crippen LogP contribution is 2.25. The van der Waals surface area contributed by atoms with Crippen LogP contribution in [0.25, 0.3) is 0 Å². The van der Waals surface area contributed by atoms with E-state index in [4.69, 9.17) is 5.73 Å². The van der Waals surface area contributed by atoms with E-state index < -0.39 is 10.8 Å². The van der Waals surface area contributed by atoms with Crippen LogP contribution in [0.4, 0.5) is 11.4 Å². The molecule has 1 unspecified atom stereocenters. The molecule has 0 aliphatic rings. The summed E-state index contributed by atoms with van der Waals surface area (Å²) in [4.78, 5) is 21.0. The van der Waals surface area contributed by atoms with Crippen molar-refractivity contribution >= 4 is 17.3 Å². The van der Waals surface area contributed by atoms with Crippen LogP contribution in [0.2, 0.25) is 0 Å². The third-order valence-corrected chi connectivity index (χ3v) is 2.41. The van der Waals surface area contributed by atoms with Crippen LogP contribution in [0, 0.1) is 17.0 Å². The maximum absolute atomic E-state index is 10.7. The Morgan fingerprint density at radius 1 is 1.59 bits per heavy atom. The van der Waals surface area contributed by atoms with Gasteiger partial charge in [-0.15, -0.1) is 0 Å². The smallest absolute Gasteiger partial charge is 0.274 e. The van der Waals surface area contributed by atoms with Gasteiger partial charge >= 0.3 is 0 Å². The van der Waals surface area contributed by atoms with Crippen molar-refractivity contribution in [3.05, 3.63) is 33.9 Å². The summed E-state index contributed by atoms with van der Waals surface area (Å²) in [6.07, 6.45) is 0.183. The average molecular weight is 237 g/mol. The highest BCUT2D eigenvalue weighted by atomic mass is 16.6. The molecule has 0 aliphatic carbocycles. The van der Waals surface area contributed by atoms with Gasteiger partial charge in [0.25, 0.3) is 5.69 Å². The van der Waals surface area contributed by atoms with E-state index in [0.29, 0.717) is 11.3 Å². The molecule has 0 fully saturated rings. The van der Waals surface area contributed by atoms with E-state index in [0.717, 1.165) is 0 Å². The number of carbonyl (C=O) groups excluding carboxylic acids is 1. The normalized spacial score (nSPS) is 11.9. The summed E-state index contributed by atoms with van der Waals surface area (Å²) in [7, 11) is 0. The van der Waals surface area contributed by atoms with Crippen LogP contribution in [0.5, 0.6) is 0 Å². The lowest BCUT2D eigenvalue weighted by Crippen LogP contribution is -2.24. The highest BCUT2D eigenvalue weighted by molar-refractivity contribution is 5.75. The van der Waals surface area contributed by atoms with E-state index in [9.17, 15) is 14.9 Å². The van der Waals surface area contributed by atoms with Crippen molar-refractivity contribution in [2.24, 2.45) is 5.73 Å². The Balaban J connectivity index is 2.88. The molecule has 1 atom stereocenters. The van der Waals surface area contributed by atoms with Crippen molar-refractivity contribution in [1.82, 2.24) is 0 Å². The Morgan fingerprint density at radius 2 is 2.24 bits per heavy atom. The van der Waals surface area contributed by atoms with E-state index in [2.05, 4.69) is 5.32 Å². The fourth-order valence-corrected chi connectivity index (χ4v) is 1.60. The zero-order valence-corrected chi connectivity index (χ0v) is 9.77. The third kappa shape index (κ3) is 3.44. The molecule has 0 aromatic heterocycles. The molecule has 0 spiro atoms. The van der Waals surface area contributed by atoms with Crippen LogP contribution in [0.3, 0.4) is 0 Å². The number of nitro groups is 1. The summed E-state index contributed by atoms with van der Waals surface area (Å²) >= 11 is 0. The number of hydrogen-bond acceptors (Lipinski definition) is 4. The quantitative estimate of drug-likeness (QED) is 0.600. The Hall–Kier alpha value is -2.11. The topological polar surface area (TPSA) is 98.3 Å². The molecule has 1 aromatic carbocycles. The summed E-state index contributed by atoms with van der Waals surface area (Å²) in [6, 6.07) is 4.62. The van der Waals surface area contributed by atoms with Crippen molar-refractivity contribution in [3.8, 4) is 0 Å². The molecule has 1 rings (SSSR count). The van der Waals surface area contributed by atoms with Gasteiger partial charge in [0.05, 0.1) is 4.92 Å². The Kier molecular flexibility index (Phi) is 4.03. The summed E-state index contributed by atoms with van der Waals surface area (Å²) in [5, 5.41) is 13.8. The second kappa shape index (κ2) is 5.29. The first kappa shape index (κ1) is 13.0. The minimum atomic E-state index is -0.431. The first-order chi connectivity index (χ1) is 7.91. The third-order valence-electron chi connectivity index (χ3n) is 2.41. The van der Waals surface area contributed by atoms with Gasteiger partial charge in [0.1, 0.15) is 0 Å². The summed E-state index contributed by atoms with van der Waals surface area (Å²) < 4.78 is 0. The second-order valence-corrected chi connectivity index (χ2v) is 3.92. The predicted molar refractivity (Wildman–Crippen MR) is 64.7 cm³/mol. The average Bonchev–Trinajstić information content (AvgIpc) is 2.19. The summed E-state index contributed by atoms with van der Waals surface area (Å²) in [5.74, 6) is -0.409. The number of nitro benzene ring substituents is 1. The predicted octanol–water partition coefficient (Wildman–Crippen LogP) is 1.58. The molecular weight excluding hydrogens is 222 g/mol. The SMILES string of the molecule is Cc1c(NC(C)CC(N)=O)cccc1[N+](=O)[O-]. The molecule has 6 heteroatoms. The van der Waals surface area contributed by atoms with Crippen molar-refractivity contribution < 1.29 is 9.72 Å². The molecule has 92 valence electrons. The maximum Gasteiger partial charge on any atom is 0.274 e. The molecule has 1 aromatic rings. The molecule has 0 saturated heterocycles. The monoisotopic (exact) mass is 237 g/mol. The van der Waals surface area contributed by atoms with E-state index in [1.807, 2.05) is 0 Å². The molecule has 0 heterocycles. The number of anilines is 1. The molecule has 17 heavy (non-hydrogen) atoms. The zero-order chi connectivity index (χ0) is 13.0. The van der Waals surface area contributed by atoms with E-state index in [1.54, 1.807) is 26.0 Å². The van der Waals surface area contributed by atoms with Gasteiger partial charge in [-0.3, -0.25) is 14.9 Å². The molecule has 6 nitrogen and oxygen atoms in total. The number of benzene rings is 1. The summed E-state index contributed by atoms with van der Waals surface area (Å²) in [5.41, 5.74) is 6.33. The van der Waals surface area contributed by atoms with E-state index >= 15 is 0 Å². The van der Waals surface area contributed by atoms with Crippen LogP contribution < -0.4 is 11.1 Å². The molecule has 3 N–H and O–H groups in total. The lowest BCUT2D eigenvalue weighted by Gasteiger charge is -2.15. The molecular formula is C11H15N3O3. The lowest BCUT2D eigenvalue weighted by atomic mass is 10.1. The van der Waals surface area contributed by atoms with Crippen molar-refractivity contribution in [2.45, 2.75) is 26.3 Å². The van der Waals surface area contributed by atoms with Crippen molar-refractivity contribution in [3.63, 3.8) is 0 Å². The number of hydrogen-bond donors (Lipinski definition) is 2. The molecule has 0 aliphatic heterocycles. The van der Waals surface area contributed by atoms with Crippen LogP contribution >= 0.6 is 0 Å². The van der Waals surface area contributed by atoms with Gasteiger partial charge in [-0.05, 0) is 19.9 Å². The number of nitrogens with zero attached hydrogens (tertiary/aromatic N) is 1. The lowest BCUT2D eigenvalue weighted by molar-refractivity contribution is -0.385. The number of nitrogens with one attached hydrogen (secondary N) is 1. The van der Waals surface area contributed by atoms with Crippen molar-refractivity contribution in [1.29, 1.82) is 0 Å². The first-order valence-electron chi connectivity index (χ1n) is 5.20. The van der Waals surface area contributed by atoms with Crippen LogP contribution in [0.1, 0.15) is 18.9 Å². The Bertz CT molecular complexity index is 446. The van der Waals surface area contributed by atoms with Gasteiger partial charge in [0.2, 0.25) is 5.91 Å². The fraction of sp³-hybridized carbons (Fsp3) is 0.364. The molecule has 1 amide bonds. The number of amides is 1. The summed E-state index contributed by atoms with van der Waals surface area (Å²) in [6.45, 7) is 3.46. The minimum Gasteiger partial charge on any atom is -0.382 e. The van der Waals surface area contributed by atoms with E-state index in [-0.39, 0.29) is 18.2 Å². The molecule has 0 bridgehead atoms. The maximum atomic E-state index is 10.7. The molecule has 0 radical (unpaired) electrons. The van der Waals surface area contributed by atoms with Gasteiger partial charge in [0, 0.05) is 29.8 Å². The Labute approximate surface area is 99.0 Å². The van der Waals surface area contributed by atoms with Gasteiger partial charge in [-0.2, -0.15) is 0 Å². The first-order valence-corrected chi connectivity index (χ1v) is 5.20. The largest absolute Gasteiger partial charge is 0.382 e. The number of carbonyl (C=O) groups is 1. The van der Waals surface area contributed by atoms with Crippen molar-refractivity contribution in [2.75, 3.05) is 5.32 Å². The number of rotatable bonds is 5. The Morgan fingerprint density at radius 3 is 2.76 bits per heavy atom. The number of nitrogens with two attached hydrogens (primary N) is 1. The van der Waals surface area contributed by atoms with Gasteiger partial charge < -0.3 is 11.1 Å². The minimum absolute atomic E-state index is 0.0567. The zero-order valence-electron chi connectivity index (χ0n) is 9.77. The standard InChI is InChI=1S/C11H15N3O3/c1-7(6-11(12)15)13-9-4-3-5-10(8(9)2)14(16)17/h3-5,7,13H,6H2,1-2H3,(H2,12,15). The van der Waals surface area contributed by atoms with Gasteiger partial charge in [-0.1, -0.05) is 6.07 Å². The molecule has 0 saturated carbocycles. The number of primary amides is 1. The van der Waals surface area contributed by atoms with Crippen LogP contribution in [-0.2, 0) is 4.79 Å².